The molecule has 24 heavy (non-hydrogen) atoms. The molecule has 0 aliphatic rings. The van der Waals surface area contributed by atoms with Gasteiger partial charge in [0, 0.05) is 28.8 Å². The van der Waals surface area contributed by atoms with Crippen LogP contribution in [-0.4, -0.2) is 9.97 Å². The first-order valence-corrected chi connectivity index (χ1v) is 7.91. The molecule has 0 spiro atoms. The van der Waals surface area contributed by atoms with Crippen LogP contribution in [-0.2, 0) is 12.1 Å². The first kappa shape index (κ1) is 16.5. The number of pyridine rings is 2. The molecule has 3 rings (SSSR count). The van der Waals surface area contributed by atoms with E-state index in [9.17, 15) is 4.79 Å². The summed E-state index contributed by atoms with van der Waals surface area (Å²) in [6.45, 7) is 3.87. The Kier molecular flexibility index (Phi) is 4.30. The molecule has 0 fully saturated rings. The van der Waals surface area contributed by atoms with E-state index in [0.717, 1.165) is 11.1 Å². The minimum atomic E-state index is -0.734. The molecule has 0 aliphatic carbocycles. The van der Waals surface area contributed by atoms with Gasteiger partial charge in [0.1, 0.15) is 12.4 Å². The van der Waals surface area contributed by atoms with Crippen LogP contribution in [0.4, 0.5) is 0 Å². The predicted octanol–water partition coefficient (Wildman–Crippen LogP) is 3.35. The number of hydrogen-bond donors (Lipinski definition) is 2. The molecule has 0 unspecified atom stereocenters. The molecule has 0 aliphatic heterocycles. The molecule has 0 bridgehead atoms. The van der Waals surface area contributed by atoms with E-state index in [2.05, 4.69) is 9.97 Å². The molecule has 5 nitrogen and oxygen atoms in total. The Hall–Kier alpha value is -2.37. The zero-order chi connectivity index (χ0) is 17.3. The highest BCUT2D eigenvalue weighted by Crippen LogP contribution is 2.30. The highest BCUT2D eigenvalue weighted by molar-refractivity contribution is 6.32. The van der Waals surface area contributed by atoms with Gasteiger partial charge in [-0.1, -0.05) is 17.7 Å². The van der Waals surface area contributed by atoms with Crippen molar-refractivity contribution in [2.24, 2.45) is 5.73 Å². The van der Waals surface area contributed by atoms with E-state index in [1.54, 1.807) is 38.2 Å². The van der Waals surface area contributed by atoms with Gasteiger partial charge in [0.2, 0.25) is 0 Å². The summed E-state index contributed by atoms with van der Waals surface area (Å²) in [5.74, 6) is 0.491. The Morgan fingerprint density at radius 1 is 1.29 bits per heavy atom. The van der Waals surface area contributed by atoms with Crippen LogP contribution >= 0.6 is 11.6 Å². The molecule has 2 heterocycles. The van der Waals surface area contributed by atoms with Crippen LogP contribution < -0.4 is 16.0 Å². The van der Waals surface area contributed by atoms with Crippen LogP contribution in [0, 0.1) is 0 Å². The molecule has 0 atom stereocenters. The van der Waals surface area contributed by atoms with Gasteiger partial charge in [0.25, 0.3) is 5.56 Å². The number of benzene rings is 1. The number of hydrogen-bond acceptors (Lipinski definition) is 4. The maximum atomic E-state index is 12.2. The Balaban J connectivity index is 1.97. The Bertz CT molecular complexity index is 931. The van der Waals surface area contributed by atoms with Crippen molar-refractivity contribution in [3.05, 3.63) is 69.2 Å². The molecule has 0 saturated carbocycles. The van der Waals surface area contributed by atoms with E-state index < -0.39 is 5.54 Å². The van der Waals surface area contributed by atoms with Crippen molar-refractivity contribution in [3.8, 4) is 5.75 Å². The number of halogens is 1. The number of nitrogens with zero attached hydrogens (tertiary/aromatic N) is 1. The molecule has 0 amide bonds. The van der Waals surface area contributed by atoms with Crippen LogP contribution in [0.5, 0.6) is 5.75 Å². The van der Waals surface area contributed by atoms with Crippen molar-refractivity contribution in [3.63, 3.8) is 0 Å². The summed E-state index contributed by atoms with van der Waals surface area (Å²) in [6, 6.07) is 10.8. The molecule has 124 valence electrons. The lowest BCUT2D eigenvalue weighted by molar-refractivity contribution is 0.302. The van der Waals surface area contributed by atoms with Crippen LogP contribution in [0.3, 0.4) is 0 Å². The fourth-order valence-electron chi connectivity index (χ4n) is 2.43. The summed E-state index contributed by atoms with van der Waals surface area (Å²) >= 11 is 6.31. The quantitative estimate of drug-likeness (QED) is 0.761. The van der Waals surface area contributed by atoms with Gasteiger partial charge in [-0.3, -0.25) is 9.78 Å². The number of aromatic nitrogens is 2. The normalized spacial score (nSPS) is 11.7. The van der Waals surface area contributed by atoms with Crippen molar-refractivity contribution in [2.45, 2.75) is 26.0 Å². The number of rotatable bonds is 4. The fourth-order valence-corrected chi connectivity index (χ4v) is 2.66. The highest BCUT2D eigenvalue weighted by Gasteiger charge is 2.19. The van der Waals surface area contributed by atoms with Crippen molar-refractivity contribution in [2.75, 3.05) is 0 Å². The number of nitrogens with two attached hydrogens (primary N) is 1. The van der Waals surface area contributed by atoms with Crippen LogP contribution in [0.2, 0.25) is 5.02 Å². The molecule has 3 N–H and O–H groups in total. The van der Waals surface area contributed by atoms with Gasteiger partial charge in [-0.2, -0.15) is 0 Å². The predicted molar refractivity (Wildman–Crippen MR) is 95.4 cm³/mol. The fraction of sp³-hybridized carbons (Fsp3) is 0.222. The topological polar surface area (TPSA) is 81.0 Å². The molecule has 2 aromatic heterocycles. The number of fused-ring (bicyclic) bond motifs is 1. The van der Waals surface area contributed by atoms with E-state index in [1.165, 1.54) is 0 Å². The average Bonchev–Trinajstić information content (AvgIpc) is 2.53. The summed E-state index contributed by atoms with van der Waals surface area (Å²) < 4.78 is 5.73. The third-order valence-corrected chi connectivity index (χ3v) is 3.99. The molecule has 3 aromatic rings. The minimum absolute atomic E-state index is 0.215. The smallest absolute Gasteiger partial charge is 0.253 e. The van der Waals surface area contributed by atoms with Crippen molar-refractivity contribution in [1.29, 1.82) is 0 Å². The Morgan fingerprint density at radius 3 is 2.75 bits per heavy atom. The highest BCUT2D eigenvalue weighted by atomic mass is 35.5. The van der Waals surface area contributed by atoms with Gasteiger partial charge in [-0.05, 0) is 38.1 Å². The van der Waals surface area contributed by atoms with E-state index in [4.69, 9.17) is 22.1 Å². The summed E-state index contributed by atoms with van der Waals surface area (Å²) in [7, 11) is 0. The molecule has 0 saturated heterocycles. The standard InChI is InChI=1S/C18H18ClN3O2/c1-18(2,20)13-7-11-8-14(19)16(9-15(11)22-17(13)23)24-10-12-5-3-4-6-21-12/h3-9H,10,20H2,1-2H3,(H,22,23). The lowest BCUT2D eigenvalue weighted by Gasteiger charge is -2.18. The number of nitrogens with one attached hydrogen (secondary N) is 1. The van der Waals surface area contributed by atoms with Gasteiger partial charge in [-0.25, -0.2) is 0 Å². The maximum absolute atomic E-state index is 12.2. The number of ether oxygens (including phenoxy) is 1. The largest absolute Gasteiger partial charge is 0.486 e. The monoisotopic (exact) mass is 343 g/mol. The third kappa shape index (κ3) is 3.42. The van der Waals surface area contributed by atoms with E-state index in [1.807, 2.05) is 18.2 Å². The Labute approximate surface area is 144 Å². The van der Waals surface area contributed by atoms with Gasteiger partial charge in [0.05, 0.1) is 16.2 Å². The van der Waals surface area contributed by atoms with Crippen molar-refractivity contribution < 1.29 is 4.74 Å². The summed E-state index contributed by atoms with van der Waals surface area (Å²) in [5, 5.41) is 1.27. The molecule has 0 radical (unpaired) electrons. The third-order valence-electron chi connectivity index (χ3n) is 3.69. The van der Waals surface area contributed by atoms with Gasteiger partial charge < -0.3 is 15.5 Å². The van der Waals surface area contributed by atoms with Gasteiger partial charge >= 0.3 is 0 Å². The van der Waals surface area contributed by atoms with Crippen LogP contribution in [0.25, 0.3) is 10.9 Å². The lowest BCUT2D eigenvalue weighted by atomic mass is 9.96. The van der Waals surface area contributed by atoms with Gasteiger partial charge in [-0.15, -0.1) is 0 Å². The van der Waals surface area contributed by atoms with Crippen LogP contribution in [0.1, 0.15) is 25.1 Å². The second-order valence-electron chi connectivity index (χ2n) is 6.21. The van der Waals surface area contributed by atoms with Crippen molar-refractivity contribution >= 4 is 22.5 Å². The molecule has 6 heteroatoms. The zero-order valence-electron chi connectivity index (χ0n) is 13.5. The first-order chi connectivity index (χ1) is 11.3. The minimum Gasteiger partial charge on any atom is -0.486 e. The van der Waals surface area contributed by atoms with E-state index >= 15 is 0 Å². The van der Waals surface area contributed by atoms with E-state index in [-0.39, 0.29) is 5.56 Å². The lowest BCUT2D eigenvalue weighted by Crippen LogP contribution is -2.35. The molecular weight excluding hydrogens is 326 g/mol. The summed E-state index contributed by atoms with van der Waals surface area (Å²) in [5.41, 5.74) is 7.04. The maximum Gasteiger partial charge on any atom is 0.253 e. The van der Waals surface area contributed by atoms with Gasteiger partial charge in [0.15, 0.2) is 0 Å². The first-order valence-electron chi connectivity index (χ1n) is 7.53. The number of H-pyrrole nitrogens is 1. The second-order valence-corrected chi connectivity index (χ2v) is 6.62. The molecule has 1 aromatic carbocycles. The number of aromatic amines is 1. The second kappa shape index (κ2) is 6.26. The summed E-state index contributed by atoms with van der Waals surface area (Å²) in [6.07, 6.45) is 1.70. The SMILES string of the molecule is CC(C)(N)c1cc2cc(Cl)c(OCc3ccccn3)cc2[nH]c1=O. The van der Waals surface area contributed by atoms with E-state index in [0.29, 0.717) is 28.5 Å². The van der Waals surface area contributed by atoms with Crippen molar-refractivity contribution in [1.82, 2.24) is 9.97 Å². The molecular formula is C18H18ClN3O2. The Morgan fingerprint density at radius 2 is 2.08 bits per heavy atom. The summed E-state index contributed by atoms with van der Waals surface area (Å²) in [4.78, 5) is 19.3. The zero-order valence-corrected chi connectivity index (χ0v) is 14.2. The average molecular weight is 344 g/mol. The van der Waals surface area contributed by atoms with Crippen LogP contribution in [0.15, 0.2) is 47.4 Å².